The molecule has 1 heterocycles. The molecular formula is C25H18F3NO5. The van der Waals surface area contributed by atoms with E-state index in [-0.39, 0.29) is 28.1 Å². The molecule has 3 aromatic rings. The van der Waals surface area contributed by atoms with Crippen LogP contribution in [0.1, 0.15) is 22.7 Å². The molecule has 34 heavy (non-hydrogen) atoms. The maximum atomic E-state index is 13.0. The number of methoxy groups -OCH3 is 1. The Bertz CT molecular complexity index is 1280. The Morgan fingerprint density at radius 1 is 0.971 bits per heavy atom. The van der Waals surface area contributed by atoms with Crippen molar-refractivity contribution >= 4 is 23.1 Å². The predicted molar refractivity (Wildman–Crippen MR) is 117 cm³/mol. The number of hydrogen-bond acceptors (Lipinski definition) is 5. The van der Waals surface area contributed by atoms with Crippen molar-refractivity contribution in [3.63, 3.8) is 0 Å². The predicted octanol–water partition coefficient (Wildman–Crippen LogP) is 5.05. The number of Topliss-reactive ketones (excluding diaryl/α,β-unsaturated/α-hetero) is 1. The van der Waals surface area contributed by atoms with Crippen molar-refractivity contribution in [1.82, 2.24) is 0 Å². The molecule has 1 fully saturated rings. The summed E-state index contributed by atoms with van der Waals surface area (Å²) in [5.41, 5.74) is -0.636. The number of aliphatic hydroxyl groups excluding tert-OH is 1. The zero-order chi connectivity index (χ0) is 24.6. The first-order valence-corrected chi connectivity index (χ1v) is 10.0. The van der Waals surface area contributed by atoms with E-state index >= 15 is 0 Å². The zero-order valence-corrected chi connectivity index (χ0v) is 17.7. The molecule has 0 spiro atoms. The van der Waals surface area contributed by atoms with E-state index in [1.807, 2.05) is 0 Å². The number of anilines is 1. The van der Waals surface area contributed by atoms with Gasteiger partial charge in [-0.05, 0) is 66.2 Å². The molecule has 0 radical (unpaired) electrons. The maximum Gasteiger partial charge on any atom is 0.416 e. The van der Waals surface area contributed by atoms with Crippen LogP contribution >= 0.6 is 0 Å². The van der Waals surface area contributed by atoms with Gasteiger partial charge in [0, 0.05) is 11.3 Å². The van der Waals surface area contributed by atoms with Gasteiger partial charge < -0.3 is 14.9 Å². The Kier molecular flexibility index (Phi) is 5.78. The van der Waals surface area contributed by atoms with E-state index in [1.165, 1.54) is 43.5 Å². The van der Waals surface area contributed by atoms with Crippen molar-refractivity contribution in [3.8, 4) is 11.5 Å². The Balaban J connectivity index is 1.89. The number of nitrogens with zero attached hydrogens (tertiary/aromatic N) is 1. The smallest absolute Gasteiger partial charge is 0.416 e. The lowest BCUT2D eigenvalue weighted by atomic mass is 9.95. The molecule has 2 N–H and O–H groups in total. The minimum absolute atomic E-state index is 0.0252. The molecule has 4 rings (SSSR count). The van der Waals surface area contributed by atoms with E-state index in [4.69, 9.17) is 4.74 Å². The van der Waals surface area contributed by atoms with Gasteiger partial charge in [0.15, 0.2) is 0 Å². The molecule has 0 saturated carbocycles. The largest absolute Gasteiger partial charge is 0.508 e. The van der Waals surface area contributed by atoms with E-state index in [9.17, 15) is 33.0 Å². The van der Waals surface area contributed by atoms with Crippen molar-refractivity contribution < 1.29 is 37.7 Å². The van der Waals surface area contributed by atoms with E-state index in [2.05, 4.69) is 0 Å². The molecule has 1 amide bonds. The summed E-state index contributed by atoms with van der Waals surface area (Å²) in [5, 5.41) is 21.0. The molecule has 1 saturated heterocycles. The van der Waals surface area contributed by atoms with Crippen LogP contribution in [0.4, 0.5) is 18.9 Å². The molecule has 0 bridgehead atoms. The first-order chi connectivity index (χ1) is 16.1. The average molecular weight is 469 g/mol. The van der Waals surface area contributed by atoms with E-state index < -0.39 is 35.2 Å². The van der Waals surface area contributed by atoms with E-state index in [1.54, 1.807) is 12.1 Å². The van der Waals surface area contributed by atoms with Crippen LogP contribution < -0.4 is 9.64 Å². The number of aliphatic hydroxyl groups is 1. The molecule has 9 heteroatoms. The molecule has 1 aliphatic heterocycles. The number of hydrogen-bond donors (Lipinski definition) is 2. The van der Waals surface area contributed by atoms with Gasteiger partial charge >= 0.3 is 6.18 Å². The Morgan fingerprint density at radius 3 is 2.18 bits per heavy atom. The average Bonchev–Trinajstić information content (AvgIpc) is 3.08. The van der Waals surface area contributed by atoms with Crippen LogP contribution in [0.5, 0.6) is 11.5 Å². The number of halogens is 3. The molecule has 1 unspecified atom stereocenters. The van der Waals surface area contributed by atoms with Gasteiger partial charge in [-0.15, -0.1) is 0 Å². The number of amides is 1. The first-order valence-electron chi connectivity index (χ1n) is 10.0. The van der Waals surface area contributed by atoms with Gasteiger partial charge in [0.25, 0.3) is 11.7 Å². The summed E-state index contributed by atoms with van der Waals surface area (Å²) in [6, 6.07) is 14.4. The lowest BCUT2D eigenvalue weighted by molar-refractivity contribution is -0.137. The lowest BCUT2D eigenvalue weighted by Gasteiger charge is -2.26. The van der Waals surface area contributed by atoms with Crippen LogP contribution in [0.15, 0.2) is 78.4 Å². The van der Waals surface area contributed by atoms with Crippen molar-refractivity contribution in [2.45, 2.75) is 12.2 Å². The highest BCUT2D eigenvalue weighted by molar-refractivity contribution is 6.51. The number of alkyl halides is 3. The summed E-state index contributed by atoms with van der Waals surface area (Å²) in [4.78, 5) is 27.1. The summed E-state index contributed by atoms with van der Waals surface area (Å²) in [6.07, 6.45) is -4.58. The second kappa shape index (κ2) is 8.58. The highest BCUT2D eigenvalue weighted by atomic mass is 19.4. The fourth-order valence-corrected chi connectivity index (χ4v) is 3.82. The number of phenolic OH excluding ortho intramolecular Hbond substituents is 1. The summed E-state index contributed by atoms with van der Waals surface area (Å²) < 4.78 is 44.1. The van der Waals surface area contributed by atoms with Gasteiger partial charge in [0.2, 0.25) is 0 Å². The third-order valence-electron chi connectivity index (χ3n) is 5.47. The second-order valence-corrected chi connectivity index (χ2v) is 7.54. The van der Waals surface area contributed by atoms with Gasteiger partial charge in [-0.1, -0.05) is 12.1 Å². The Labute approximate surface area is 192 Å². The van der Waals surface area contributed by atoms with E-state index in [0.29, 0.717) is 5.75 Å². The van der Waals surface area contributed by atoms with Crippen LogP contribution in [0.25, 0.3) is 5.76 Å². The highest BCUT2D eigenvalue weighted by Gasteiger charge is 2.47. The molecule has 1 atom stereocenters. The van der Waals surface area contributed by atoms with Crippen molar-refractivity contribution in [1.29, 1.82) is 0 Å². The second-order valence-electron chi connectivity index (χ2n) is 7.54. The number of carbonyl (C=O) groups is 2. The van der Waals surface area contributed by atoms with E-state index in [0.717, 1.165) is 29.2 Å². The number of phenols is 1. The monoisotopic (exact) mass is 469 g/mol. The van der Waals surface area contributed by atoms with Crippen molar-refractivity contribution in [2.24, 2.45) is 0 Å². The van der Waals surface area contributed by atoms with Gasteiger partial charge in [-0.3, -0.25) is 14.5 Å². The fourth-order valence-electron chi connectivity index (χ4n) is 3.82. The molecular weight excluding hydrogens is 451 g/mol. The third kappa shape index (κ3) is 4.07. The number of rotatable bonds is 4. The quantitative estimate of drug-likeness (QED) is 0.317. The van der Waals surface area contributed by atoms with Crippen LogP contribution in [0, 0.1) is 0 Å². The summed E-state index contributed by atoms with van der Waals surface area (Å²) in [6.45, 7) is 0. The molecule has 174 valence electrons. The first kappa shape index (κ1) is 22.9. The van der Waals surface area contributed by atoms with Crippen LogP contribution in [0.2, 0.25) is 0 Å². The topological polar surface area (TPSA) is 87.1 Å². The molecule has 0 aliphatic carbocycles. The fraction of sp³-hybridized carbons (Fsp3) is 0.120. The lowest BCUT2D eigenvalue weighted by Crippen LogP contribution is -2.29. The van der Waals surface area contributed by atoms with Crippen LogP contribution in [-0.4, -0.2) is 29.0 Å². The third-order valence-corrected chi connectivity index (χ3v) is 5.47. The van der Waals surface area contributed by atoms with Gasteiger partial charge in [0.1, 0.15) is 17.3 Å². The minimum Gasteiger partial charge on any atom is -0.508 e. The highest BCUT2D eigenvalue weighted by Crippen LogP contribution is 2.43. The van der Waals surface area contributed by atoms with Crippen LogP contribution in [0.3, 0.4) is 0 Å². The Morgan fingerprint density at radius 2 is 1.62 bits per heavy atom. The molecule has 3 aromatic carbocycles. The van der Waals surface area contributed by atoms with Gasteiger partial charge in [0.05, 0.1) is 24.3 Å². The van der Waals surface area contributed by atoms with Crippen LogP contribution in [-0.2, 0) is 15.8 Å². The van der Waals surface area contributed by atoms with Crippen molar-refractivity contribution in [3.05, 3.63) is 95.1 Å². The number of ketones is 1. The van der Waals surface area contributed by atoms with Gasteiger partial charge in [-0.2, -0.15) is 13.2 Å². The van der Waals surface area contributed by atoms with Crippen molar-refractivity contribution in [2.75, 3.05) is 12.0 Å². The number of benzene rings is 3. The summed E-state index contributed by atoms with van der Waals surface area (Å²) in [5.74, 6) is -2.15. The van der Waals surface area contributed by atoms with Gasteiger partial charge in [-0.25, -0.2) is 0 Å². The molecule has 1 aliphatic rings. The minimum atomic E-state index is -4.58. The SMILES string of the molecule is COc1ccc(/C(O)=C2\C(=O)C(=O)N(c3ccc(C(F)(F)F)cc3)C2c2cccc(O)c2)cc1. The number of ether oxygens (including phenoxy) is 1. The number of carbonyl (C=O) groups excluding carboxylic acids is 2. The normalized spacial score (nSPS) is 17.8. The zero-order valence-electron chi connectivity index (χ0n) is 17.7. The standard InChI is InChI=1S/C25H18F3NO5/c1-34-19-11-5-14(6-12-19)22(31)20-21(15-3-2-4-18(30)13-15)29(24(33)23(20)32)17-9-7-16(8-10-17)25(26,27)28/h2-13,21,30-31H,1H3/b22-20+. The number of aromatic hydroxyl groups is 1. The summed E-state index contributed by atoms with van der Waals surface area (Å²) in [7, 11) is 1.46. The maximum absolute atomic E-state index is 13.0. The Hall–Kier alpha value is -4.27. The molecule has 6 nitrogen and oxygen atoms in total. The summed E-state index contributed by atoms with van der Waals surface area (Å²) >= 11 is 0. The molecule has 0 aromatic heterocycles.